The molecule has 0 aliphatic heterocycles. The van der Waals surface area contributed by atoms with E-state index in [1.165, 1.54) is 34.9 Å². The van der Waals surface area contributed by atoms with Crippen molar-refractivity contribution in [2.75, 3.05) is 6.54 Å². The van der Waals surface area contributed by atoms with E-state index in [9.17, 15) is 0 Å². The van der Waals surface area contributed by atoms with Crippen LogP contribution in [0.1, 0.15) is 24.5 Å². The molecule has 15 heavy (non-hydrogen) atoms. The first-order valence-corrected chi connectivity index (χ1v) is 5.73. The van der Waals surface area contributed by atoms with E-state index in [-0.39, 0.29) is 0 Å². The first-order chi connectivity index (χ1) is 7.35. The van der Waals surface area contributed by atoms with Gasteiger partial charge in [-0.25, -0.2) is 0 Å². The molecular weight excluding hydrogens is 184 g/mol. The third kappa shape index (κ3) is 2.05. The lowest BCUT2D eigenvalue weighted by Crippen LogP contribution is -2.51. The Bertz CT molecular complexity index is 443. The van der Waals surface area contributed by atoms with Gasteiger partial charge >= 0.3 is 0 Å². The van der Waals surface area contributed by atoms with Gasteiger partial charge in [-0.2, -0.15) is 0 Å². The number of aromatic nitrogens is 1. The minimum absolute atomic E-state index is 0.963. The van der Waals surface area contributed by atoms with Gasteiger partial charge in [0, 0.05) is 23.5 Å². The summed E-state index contributed by atoms with van der Waals surface area (Å²) in [6.45, 7) is 3.18. The predicted molar refractivity (Wildman–Crippen MR) is 63.8 cm³/mol. The summed E-state index contributed by atoms with van der Waals surface area (Å²) in [5.41, 5.74) is 8.00. The van der Waals surface area contributed by atoms with Crippen molar-refractivity contribution in [1.29, 1.82) is 0 Å². The Morgan fingerprint density at radius 3 is 2.87 bits per heavy atom. The number of nitrogens with one attached hydrogen (secondary N) is 1. The van der Waals surface area contributed by atoms with Gasteiger partial charge in [-0.3, -0.25) is 0 Å². The second-order valence-corrected chi connectivity index (χ2v) is 4.05. The second kappa shape index (κ2) is 4.49. The molecular formula is C13H19N2+. The van der Waals surface area contributed by atoms with Gasteiger partial charge in [0.2, 0.25) is 0 Å². The van der Waals surface area contributed by atoms with Crippen molar-refractivity contribution in [3.63, 3.8) is 0 Å². The fourth-order valence-corrected chi connectivity index (χ4v) is 2.07. The lowest BCUT2D eigenvalue weighted by atomic mass is 10.0. The van der Waals surface area contributed by atoms with Crippen LogP contribution in [0.25, 0.3) is 10.9 Å². The lowest BCUT2D eigenvalue weighted by molar-refractivity contribution is -0.366. The molecule has 1 aromatic carbocycles. The SMILES string of the molecule is CCCc1ccc2[nH]cc(CC[NH3+])c2c1. The molecule has 1 heterocycles. The van der Waals surface area contributed by atoms with Crippen LogP contribution in [0.4, 0.5) is 0 Å². The maximum Gasteiger partial charge on any atom is 0.0781 e. The number of aromatic amines is 1. The van der Waals surface area contributed by atoms with Crippen molar-refractivity contribution < 1.29 is 5.73 Å². The van der Waals surface area contributed by atoms with Gasteiger partial charge in [0.25, 0.3) is 0 Å². The first-order valence-electron chi connectivity index (χ1n) is 5.73. The Kier molecular flexibility index (Phi) is 3.07. The Hall–Kier alpha value is -1.28. The molecule has 80 valence electrons. The molecule has 0 aliphatic rings. The zero-order chi connectivity index (χ0) is 10.7. The van der Waals surface area contributed by atoms with Crippen LogP contribution in [-0.4, -0.2) is 11.5 Å². The number of benzene rings is 1. The molecule has 4 N–H and O–H groups in total. The quantitative estimate of drug-likeness (QED) is 0.762. The third-order valence-electron chi connectivity index (χ3n) is 2.82. The largest absolute Gasteiger partial charge is 0.361 e. The van der Waals surface area contributed by atoms with Crippen molar-refractivity contribution in [1.82, 2.24) is 4.98 Å². The summed E-state index contributed by atoms with van der Waals surface area (Å²) in [7, 11) is 0. The normalized spacial score (nSPS) is 11.1. The smallest absolute Gasteiger partial charge is 0.0781 e. The van der Waals surface area contributed by atoms with E-state index in [1.807, 2.05) is 0 Å². The molecule has 0 atom stereocenters. The number of rotatable bonds is 4. The van der Waals surface area contributed by atoms with Gasteiger partial charge in [-0.15, -0.1) is 0 Å². The third-order valence-corrected chi connectivity index (χ3v) is 2.82. The number of hydrogen-bond donors (Lipinski definition) is 2. The topological polar surface area (TPSA) is 43.4 Å². The summed E-state index contributed by atoms with van der Waals surface area (Å²) in [5.74, 6) is 0. The van der Waals surface area contributed by atoms with Gasteiger partial charge in [-0.05, 0) is 29.7 Å². The lowest BCUT2D eigenvalue weighted by Gasteiger charge is -2.00. The molecule has 0 saturated carbocycles. The molecule has 2 rings (SSSR count). The molecule has 2 heteroatoms. The molecule has 0 aliphatic carbocycles. The van der Waals surface area contributed by atoms with Crippen molar-refractivity contribution in [3.8, 4) is 0 Å². The van der Waals surface area contributed by atoms with Crippen LogP contribution in [0.5, 0.6) is 0 Å². The Morgan fingerprint density at radius 1 is 1.27 bits per heavy atom. The van der Waals surface area contributed by atoms with E-state index < -0.39 is 0 Å². The zero-order valence-corrected chi connectivity index (χ0v) is 9.34. The average molecular weight is 203 g/mol. The number of aryl methyl sites for hydroxylation is 1. The first kappa shape index (κ1) is 10.2. The monoisotopic (exact) mass is 203 g/mol. The molecule has 0 amide bonds. The highest BCUT2D eigenvalue weighted by atomic mass is 14.7. The fourth-order valence-electron chi connectivity index (χ4n) is 2.07. The molecule has 0 unspecified atom stereocenters. The van der Waals surface area contributed by atoms with Crippen LogP contribution in [0.3, 0.4) is 0 Å². The van der Waals surface area contributed by atoms with E-state index in [1.54, 1.807) is 0 Å². The van der Waals surface area contributed by atoms with Gasteiger partial charge in [0.1, 0.15) is 0 Å². The van der Waals surface area contributed by atoms with Gasteiger partial charge in [-0.1, -0.05) is 19.4 Å². The van der Waals surface area contributed by atoms with Crippen molar-refractivity contribution in [3.05, 3.63) is 35.5 Å². The van der Waals surface area contributed by atoms with E-state index >= 15 is 0 Å². The Balaban J connectivity index is 2.42. The van der Waals surface area contributed by atoms with Crippen LogP contribution in [-0.2, 0) is 12.8 Å². The van der Waals surface area contributed by atoms with Crippen LogP contribution >= 0.6 is 0 Å². The summed E-state index contributed by atoms with van der Waals surface area (Å²) in [6.07, 6.45) is 5.56. The van der Waals surface area contributed by atoms with E-state index in [0.717, 1.165) is 13.0 Å². The molecule has 0 fully saturated rings. The standard InChI is InChI=1S/C13H18N2/c1-2-3-10-4-5-13-12(8-10)11(6-7-14)9-15-13/h4-5,8-9,15H,2-3,6-7,14H2,1H3/p+1. The summed E-state index contributed by atoms with van der Waals surface area (Å²) >= 11 is 0. The van der Waals surface area contributed by atoms with Crippen LogP contribution < -0.4 is 5.73 Å². The maximum absolute atomic E-state index is 3.91. The van der Waals surface area contributed by atoms with Crippen LogP contribution in [0.15, 0.2) is 24.4 Å². The van der Waals surface area contributed by atoms with E-state index in [0.29, 0.717) is 0 Å². The highest BCUT2D eigenvalue weighted by Gasteiger charge is 2.04. The van der Waals surface area contributed by atoms with Gasteiger partial charge < -0.3 is 10.7 Å². The second-order valence-electron chi connectivity index (χ2n) is 4.05. The Labute approximate surface area is 90.5 Å². The molecule has 2 nitrogen and oxygen atoms in total. The van der Waals surface area contributed by atoms with Gasteiger partial charge in [0.15, 0.2) is 0 Å². The summed E-state index contributed by atoms with van der Waals surface area (Å²) < 4.78 is 0. The van der Waals surface area contributed by atoms with E-state index in [2.05, 4.69) is 42.0 Å². The number of fused-ring (bicyclic) bond motifs is 1. The number of hydrogen-bond acceptors (Lipinski definition) is 0. The number of H-pyrrole nitrogens is 1. The molecule has 0 bridgehead atoms. The minimum Gasteiger partial charge on any atom is -0.361 e. The molecule has 2 aromatic rings. The van der Waals surface area contributed by atoms with Crippen LogP contribution in [0.2, 0.25) is 0 Å². The number of quaternary nitrogens is 1. The summed E-state index contributed by atoms with van der Waals surface area (Å²) in [4.78, 5) is 3.31. The fraction of sp³-hybridized carbons (Fsp3) is 0.385. The van der Waals surface area contributed by atoms with Crippen molar-refractivity contribution >= 4 is 10.9 Å². The van der Waals surface area contributed by atoms with Gasteiger partial charge in [0.05, 0.1) is 6.54 Å². The minimum atomic E-state index is 0.963. The molecule has 0 radical (unpaired) electrons. The van der Waals surface area contributed by atoms with Crippen LogP contribution in [0, 0.1) is 0 Å². The predicted octanol–water partition coefficient (Wildman–Crippen LogP) is 1.90. The maximum atomic E-state index is 3.91. The van der Waals surface area contributed by atoms with Crippen molar-refractivity contribution in [2.24, 2.45) is 0 Å². The highest BCUT2D eigenvalue weighted by Crippen LogP contribution is 2.20. The van der Waals surface area contributed by atoms with E-state index in [4.69, 9.17) is 0 Å². The molecule has 1 aromatic heterocycles. The zero-order valence-electron chi connectivity index (χ0n) is 9.34. The summed E-state index contributed by atoms with van der Waals surface area (Å²) in [6, 6.07) is 6.73. The summed E-state index contributed by atoms with van der Waals surface area (Å²) in [5, 5.41) is 1.38. The Morgan fingerprint density at radius 2 is 2.13 bits per heavy atom. The average Bonchev–Trinajstić information content (AvgIpc) is 2.63. The molecule has 0 spiro atoms. The highest BCUT2D eigenvalue weighted by molar-refractivity contribution is 5.83. The molecule has 0 saturated heterocycles. The van der Waals surface area contributed by atoms with Crippen molar-refractivity contribution in [2.45, 2.75) is 26.2 Å².